The van der Waals surface area contributed by atoms with E-state index in [9.17, 15) is 0 Å². The molecule has 19 heavy (non-hydrogen) atoms. The van der Waals surface area contributed by atoms with Crippen LogP contribution in [0.15, 0.2) is 12.7 Å². The Bertz CT molecular complexity index is 378. The van der Waals surface area contributed by atoms with Crippen LogP contribution in [0.4, 0.5) is 0 Å². The highest BCUT2D eigenvalue weighted by atomic mass is 16.6. The Morgan fingerprint density at radius 3 is 2.68 bits per heavy atom. The fourth-order valence-electron chi connectivity index (χ4n) is 1.89. The van der Waals surface area contributed by atoms with E-state index in [2.05, 4.69) is 37.2 Å². The van der Waals surface area contributed by atoms with Crippen molar-refractivity contribution in [2.75, 3.05) is 0 Å². The second-order valence-corrected chi connectivity index (χ2v) is 4.87. The Balaban J connectivity index is 2.03. The van der Waals surface area contributed by atoms with Gasteiger partial charge in [0.05, 0.1) is 6.10 Å². The zero-order chi connectivity index (χ0) is 13.9. The normalized spacial score (nSPS) is 21.6. The molecule has 1 heterocycles. The third-order valence-corrected chi connectivity index (χ3v) is 3.14. The lowest BCUT2D eigenvalue weighted by Crippen LogP contribution is -1.94. The van der Waals surface area contributed by atoms with Crippen molar-refractivity contribution in [2.45, 2.75) is 70.2 Å². The first-order valence-corrected chi connectivity index (χ1v) is 7.25. The van der Waals surface area contributed by atoms with Crippen LogP contribution in [0.2, 0.25) is 0 Å². The molecule has 104 valence electrons. The predicted octanol–water partition coefficient (Wildman–Crippen LogP) is 3.06. The molecular weight excluding hydrogens is 236 g/mol. The second-order valence-electron chi connectivity index (χ2n) is 4.87. The molecule has 2 nitrogen and oxygen atoms in total. The van der Waals surface area contributed by atoms with Gasteiger partial charge in [-0.1, -0.05) is 69.9 Å². The maximum Gasteiger partial charge on any atom is 0.145 e. The Morgan fingerprint density at radius 2 is 1.95 bits per heavy atom. The highest BCUT2D eigenvalue weighted by Gasteiger charge is 2.36. The van der Waals surface area contributed by atoms with E-state index in [-0.39, 0.29) is 6.10 Å². The van der Waals surface area contributed by atoms with E-state index in [0.29, 0.717) is 6.10 Å². The minimum atomic E-state index is -0.784. The van der Waals surface area contributed by atoms with Crippen LogP contribution in [0.25, 0.3) is 0 Å². The van der Waals surface area contributed by atoms with Gasteiger partial charge in [0.2, 0.25) is 0 Å². The maximum absolute atomic E-state index is 9.10. The summed E-state index contributed by atoms with van der Waals surface area (Å²) in [5.41, 5.74) is 0. The monoisotopic (exact) mass is 260 g/mol. The van der Waals surface area contributed by atoms with Gasteiger partial charge < -0.3 is 9.84 Å². The highest BCUT2D eigenvalue weighted by Crippen LogP contribution is 2.26. The van der Waals surface area contributed by atoms with Gasteiger partial charge >= 0.3 is 0 Å². The number of aliphatic hydroxyl groups is 1. The summed E-state index contributed by atoms with van der Waals surface area (Å²) in [4.78, 5) is 0. The number of aliphatic hydroxyl groups excluding tert-OH is 1. The molecule has 0 aromatic rings. The SMILES string of the molecule is C=C[C@H](O)C#CC#CC1O[C@H]1CCCCCCCC. The average molecular weight is 260 g/mol. The highest BCUT2D eigenvalue weighted by molar-refractivity contribution is 5.31. The van der Waals surface area contributed by atoms with Gasteiger partial charge in [-0.25, -0.2) is 0 Å². The van der Waals surface area contributed by atoms with Crippen LogP contribution in [0, 0.1) is 23.7 Å². The first-order chi connectivity index (χ1) is 9.27. The summed E-state index contributed by atoms with van der Waals surface area (Å²) in [6.45, 7) is 5.67. The van der Waals surface area contributed by atoms with Gasteiger partial charge in [0, 0.05) is 0 Å². The molecule has 1 fully saturated rings. The smallest absolute Gasteiger partial charge is 0.145 e. The molecule has 0 spiro atoms. The van der Waals surface area contributed by atoms with E-state index < -0.39 is 6.10 Å². The van der Waals surface area contributed by atoms with Crippen LogP contribution >= 0.6 is 0 Å². The van der Waals surface area contributed by atoms with Gasteiger partial charge in [0.25, 0.3) is 0 Å². The summed E-state index contributed by atoms with van der Waals surface area (Å²) in [5, 5.41) is 9.10. The van der Waals surface area contributed by atoms with Gasteiger partial charge in [-0.05, 0) is 18.3 Å². The minimum absolute atomic E-state index is 0.0609. The van der Waals surface area contributed by atoms with E-state index >= 15 is 0 Å². The summed E-state index contributed by atoms with van der Waals surface area (Å²) in [5.74, 6) is 10.8. The Hall–Kier alpha value is -1.22. The number of hydrogen-bond acceptors (Lipinski definition) is 2. The standard InChI is InChI=1S/C17H24O2/c1-3-5-6-7-8-9-13-16-17(19-16)14-11-10-12-15(18)4-2/h4,15-18H,2-3,5-9,13H2,1H3/t15-,16-,17?/m0/s1. The Labute approximate surface area is 117 Å². The first-order valence-electron chi connectivity index (χ1n) is 7.25. The summed E-state index contributed by atoms with van der Waals surface area (Å²) < 4.78 is 5.45. The zero-order valence-electron chi connectivity index (χ0n) is 11.8. The number of rotatable bonds is 8. The van der Waals surface area contributed by atoms with E-state index in [1.54, 1.807) is 0 Å². The van der Waals surface area contributed by atoms with Gasteiger partial charge in [0.15, 0.2) is 0 Å². The van der Waals surface area contributed by atoms with E-state index in [0.717, 1.165) is 6.42 Å². The molecule has 0 radical (unpaired) electrons. The second kappa shape index (κ2) is 9.68. The molecule has 1 aliphatic heterocycles. The van der Waals surface area contributed by atoms with Crippen molar-refractivity contribution in [3.63, 3.8) is 0 Å². The van der Waals surface area contributed by atoms with Gasteiger partial charge in [0.1, 0.15) is 12.2 Å². The summed E-state index contributed by atoms with van der Waals surface area (Å²) in [7, 11) is 0. The van der Waals surface area contributed by atoms with Crippen molar-refractivity contribution < 1.29 is 9.84 Å². The fraction of sp³-hybridized carbons (Fsp3) is 0.647. The number of unbranched alkanes of at least 4 members (excludes halogenated alkanes) is 5. The molecule has 0 aromatic carbocycles. The molecule has 0 aromatic heterocycles. The maximum atomic E-state index is 9.10. The molecule has 1 unspecified atom stereocenters. The van der Waals surface area contributed by atoms with Crippen LogP contribution in [0.5, 0.6) is 0 Å². The van der Waals surface area contributed by atoms with E-state index in [4.69, 9.17) is 9.84 Å². The Kier molecular flexibility index (Phi) is 8.07. The lowest BCUT2D eigenvalue weighted by molar-refractivity contribution is 0.281. The number of hydrogen-bond donors (Lipinski definition) is 1. The van der Waals surface area contributed by atoms with Gasteiger partial charge in [-0.2, -0.15) is 0 Å². The third-order valence-electron chi connectivity index (χ3n) is 3.14. The van der Waals surface area contributed by atoms with Crippen LogP contribution < -0.4 is 0 Å². The van der Waals surface area contributed by atoms with Crippen molar-refractivity contribution in [3.05, 3.63) is 12.7 Å². The van der Waals surface area contributed by atoms with Crippen molar-refractivity contribution in [3.8, 4) is 23.7 Å². The van der Waals surface area contributed by atoms with Crippen molar-refractivity contribution in [1.82, 2.24) is 0 Å². The van der Waals surface area contributed by atoms with Crippen molar-refractivity contribution in [2.24, 2.45) is 0 Å². The minimum Gasteiger partial charge on any atom is -0.377 e. The molecule has 0 saturated carbocycles. The van der Waals surface area contributed by atoms with Crippen LogP contribution in [0.1, 0.15) is 51.9 Å². The molecule has 0 bridgehead atoms. The molecule has 1 rings (SSSR count). The summed E-state index contributed by atoms with van der Waals surface area (Å²) in [6.07, 6.45) is 9.93. The molecule has 3 atom stereocenters. The predicted molar refractivity (Wildman–Crippen MR) is 78.4 cm³/mol. The molecule has 1 aliphatic rings. The van der Waals surface area contributed by atoms with Crippen LogP contribution in [-0.2, 0) is 4.74 Å². The fourth-order valence-corrected chi connectivity index (χ4v) is 1.89. The van der Waals surface area contributed by atoms with E-state index in [1.807, 2.05) is 0 Å². The molecule has 2 heteroatoms. The largest absolute Gasteiger partial charge is 0.377 e. The van der Waals surface area contributed by atoms with Crippen molar-refractivity contribution in [1.29, 1.82) is 0 Å². The van der Waals surface area contributed by atoms with Gasteiger partial charge in [-0.15, -0.1) is 0 Å². The van der Waals surface area contributed by atoms with E-state index in [1.165, 1.54) is 44.6 Å². The summed E-state index contributed by atoms with van der Waals surface area (Å²) in [6, 6.07) is 0. The molecule has 0 amide bonds. The van der Waals surface area contributed by atoms with Crippen LogP contribution in [0.3, 0.4) is 0 Å². The first kappa shape index (κ1) is 15.8. The quantitative estimate of drug-likeness (QED) is 0.315. The lowest BCUT2D eigenvalue weighted by Gasteiger charge is -1.97. The van der Waals surface area contributed by atoms with Crippen LogP contribution in [-0.4, -0.2) is 23.4 Å². The third kappa shape index (κ3) is 7.73. The number of ether oxygens (including phenoxy) is 1. The molecular formula is C17H24O2. The average Bonchev–Trinajstić information content (AvgIpc) is 3.17. The molecule has 1 N–H and O–H groups in total. The van der Waals surface area contributed by atoms with Crippen molar-refractivity contribution >= 4 is 0 Å². The lowest BCUT2D eigenvalue weighted by atomic mass is 10.1. The topological polar surface area (TPSA) is 32.8 Å². The van der Waals surface area contributed by atoms with Gasteiger partial charge in [-0.3, -0.25) is 0 Å². The molecule has 0 aliphatic carbocycles. The molecule has 1 saturated heterocycles. The zero-order valence-corrected chi connectivity index (χ0v) is 11.8. The Morgan fingerprint density at radius 1 is 1.21 bits per heavy atom. The summed E-state index contributed by atoms with van der Waals surface area (Å²) >= 11 is 0. The number of epoxide rings is 1.